The van der Waals surface area contributed by atoms with Gasteiger partial charge in [0.1, 0.15) is 0 Å². The number of hydrogen-bond donors (Lipinski definition) is 1. The van der Waals surface area contributed by atoms with Crippen LogP contribution in [0.3, 0.4) is 0 Å². The smallest absolute Gasteiger partial charge is 0.231 e. The van der Waals surface area contributed by atoms with E-state index in [1.54, 1.807) is 0 Å². The van der Waals surface area contributed by atoms with E-state index in [1.807, 2.05) is 17.8 Å². The lowest BCUT2D eigenvalue weighted by Gasteiger charge is -2.07. The Kier molecular flexibility index (Phi) is 5.00. The molecule has 0 aliphatic carbocycles. The van der Waals surface area contributed by atoms with Crippen molar-refractivity contribution in [3.63, 3.8) is 0 Å². The normalized spacial score (nSPS) is 13.1. The van der Waals surface area contributed by atoms with Gasteiger partial charge in [-0.05, 0) is 58.6 Å². The molecule has 1 aliphatic heterocycles. The van der Waals surface area contributed by atoms with Gasteiger partial charge in [0, 0.05) is 6.54 Å². The Balaban J connectivity index is 1.87. The Morgan fingerprint density at radius 1 is 1.41 bits per heavy atom. The van der Waals surface area contributed by atoms with Crippen LogP contribution in [-0.2, 0) is 6.54 Å². The maximum Gasteiger partial charge on any atom is 0.231 e. The molecule has 0 saturated heterocycles. The fraction of sp³-hybridized carbons (Fsp3) is 0.500. The summed E-state index contributed by atoms with van der Waals surface area (Å²) in [6.45, 7) is 2.23. The Morgan fingerprint density at radius 3 is 3.12 bits per heavy atom. The van der Waals surface area contributed by atoms with Crippen molar-refractivity contribution in [2.45, 2.75) is 13.0 Å². The molecule has 3 nitrogen and oxygen atoms in total. The van der Waals surface area contributed by atoms with Crippen molar-refractivity contribution in [1.82, 2.24) is 5.32 Å². The van der Waals surface area contributed by atoms with Crippen LogP contribution in [0.2, 0.25) is 0 Å². The highest BCUT2D eigenvalue weighted by atomic mass is 79.9. The van der Waals surface area contributed by atoms with E-state index in [1.165, 1.54) is 17.7 Å². The maximum atomic E-state index is 5.38. The quantitative estimate of drug-likeness (QED) is 0.817. The van der Waals surface area contributed by atoms with Gasteiger partial charge in [-0.1, -0.05) is 0 Å². The number of benzene rings is 1. The maximum absolute atomic E-state index is 5.38. The van der Waals surface area contributed by atoms with Gasteiger partial charge in [-0.15, -0.1) is 0 Å². The van der Waals surface area contributed by atoms with Crippen LogP contribution in [0.4, 0.5) is 0 Å². The zero-order valence-corrected chi connectivity index (χ0v) is 12.2. The molecule has 0 unspecified atom stereocenters. The molecule has 5 heteroatoms. The van der Waals surface area contributed by atoms with Gasteiger partial charge in [0.25, 0.3) is 0 Å². The number of hydrogen-bond acceptors (Lipinski definition) is 4. The van der Waals surface area contributed by atoms with E-state index in [0.717, 1.165) is 29.1 Å². The number of nitrogens with one attached hydrogen (secondary N) is 1. The lowest BCUT2D eigenvalue weighted by Crippen LogP contribution is -2.15. The van der Waals surface area contributed by atoms with Gasteiger partial charge in [0.2, 0.25) is 6.79 Å². The van der Waals surface area contributed by atoms with E-state index >= 15 is 0 Å². The van der Waals surface area contributed by atoms with Gasteiger partial charge in [0.05, 0.1) is 4.47 Å². The van der Waals surface area contributed by atoms with Crippen molar-refractivity contribution >= 4 is 27.7 Å². The molecule has 0 bridgehead atoms. The molecule has 0 spiro atoms. The molecule has 94 valence electrons. The fourth-order valence-corrected chi connectivity index (χ4v) is 2.73. The first-order chi connectivity index (χ1) is 8.31. The lowest BCUT2D eigenvalue weighted by molar-refractivity contribution is 0.173. The summed E-state index contributed by atoms with van der Waals surface area (Å²) < 4.78 is 11.7. The molecule has 1 N–H and O–H groups in total. The number of rotatable bonds is 6. The van der Waals surface area contributed by atoms with Gasteiger partial charge >= 0.3 is 0 Å². The van der Waals surface area contributed by atoms with Gasteiger partial charge in [-0.25, -0.2) is 0 Å². The number of halogens is 1. The summed E-state index contributed by atoms with van der Waals surface area (Å²) >= 11 is 5.38. The standard InChI is InChI=1S/C12H16BrNO2S/c1-17-4-2-3-14-7-9-5-10(13)12-11(6-9)15-8-16-12/h5-6,14H,2-4,7-8H2,1H3. The molecule has 2 rings (SSSR count). The highest BCUT2D eigenvalue weighted by Gasteiger charge is 2.17. The van der Waals surface area contributed by atoms with E-state index in [0.29, 0.717) is 6.79 Å². The average Bonchev–Trinajstić information content (AvgIpc) is 2.77. The van der Waals surface area contributed by atoms with Crippen LogP contribution < -0.4 is 14.8 Å². The zero-order valence-electron chi connectivity index (χ0n) is 9.79. The van der Waals surface area contributed by atoms with Gasteiger partial charge in [-0.3, -0.25) is 0 Å². The monoisotopic (exact) mass is 317 g/mol. The second-order valence-electron chi connectivity index (χ2n) is 3.83. The summed E-state index contributed by atoms with van der Waals surface area (Å²) in [6.07, 6.45) is 3.34. The van der Waals surface area contributed by atoms with Crippen molar-refractivity contribution in [1.29, 1.82) is 0 Å². The van der Waals surface area contributed by atoms with Crippen molar-refractivity contribution in [3.05, 3.63) is 22.2 Å². The van der Waals surface area contributed by atoms with E-state index < -0.39 is 0 Å². The van der Waals surface area contributed by atoms with Crippen LogP contribution in [0.1, 0.15) is 12.0 Å². The van der Waals surface area contributed by atoms with Crippen molar-refractivity contribution in [3.8, 4) is 11.5 Å². The molecule has 1 heterocycles. The van der Waals surface area contributed by atoms with Crippen LogP contribution >= 0.6 is 27.7 Å². The number of ether oxygens (including phenoxy) is 2. The first kappa shape index (κ1) is 13.1. The average molecular weight is 318 g/mol. The van der Waals surface area contributed by atoms with E-state index in [4.69, 9.17) is 9.47 Å². The molecule has 1 aromatic carbocycles. The Morgan fingerprint density at radius 2 is 2.29 bits per heavy atom. The minimum absolute atomic E-state index is 0.318. The SMILES string of the molecule is CSCCCNCc1cc(Br)c2c(c1)OCO2. The van der Waals surface area contributed by atoms with Crippen LogP contribution in [0.25, 0.3) is 0 Å². The molecular weight excluding hydrogens is 302 g/mol. The van der Waals surface area contributed by atoms with E-state index in [-0.39, 0.29) is 0 Å². The summed E-state index contributed by atoms with van der Waals surface area (Å²) in [5.41, 5.74) is 1.21. The molecule has 0 aromatic heterocycles. The third-order valence-electron chi connectivity index (χ3n) is 2.52. The van der Waals surface area contributed by atoms with Gasteiger partial charge in [0.15, 0.2) is 11.5 Å². The fourth-order valence-electron chi connectivity index (χ4n) is 1.70. The third-order valence-corrected chi connectivity index (χ3v) is 3.80. The molecule has 1 aliphatic rings. The predicted molar refractivity (Wildman–Crippen MR) is 75.0 cm³/mol. The van der Waals surface area contributed by atoms with Crippen LogP contribution in [-0.4, -0.2) is 25.3 Å². The summed E-state index contributed by atoms with van der Waals surface area (Å²) in [4.78, 5) is 0. The van der Waals surface area contributed by atoms with Crippen molar-refractivity contribution in [2.75, 3.05) is 25.3 Å². The largest absolute Gasteiger partial charge is 0.454 e. The van der Waals surface area contributed by atoms with Gasteiger partial charge < -0.3 is 14.8 Å². The minimum atomic E-state index is 0.318. The third kappa shape index (κ3) is 3.53. The summed E-state index contributed by atoms with van der Waals surface area (Å²) in [5.74, 6) is 2.86. The molecule has 17 heavy (non-hydrogen) atoms. The molecule has 1 aromatic rings. The first-order valence-corrected chi connectivity index (χ1v) is 7.77. The summed E-state index contributed by atoms with van der Waals surface area (Å²) in [6, 6.07) is 4.11. The zero-order chi connectivity index (χ0) is 12.1. The second-order valence-corrected chi connectivity index (χ2v) is 5.67. The highest BCUT2D eigenvalue weighted by molar-refractivity contribution is 9.10. The molecular formula is C12H16BrNO2S. The highest BCUT2D eigenvalue weighted by Crippen LogP contribution is 2.39. The van der Waals surface area contributed by atoms with Crippen molar-refractivity contribution < 1.29 is 9.47 Å². The summed E-state index contributed by atoms with van der Waals surface area (Å²) in [7, 11) is 0. The Labute approximate surface area is 114 Å². The first-order valence-electron chi connectivity index (χ1n) is 5.59. The summed E-state index contributed by atoms with van der Waals surface area (Å²) in [5, 5.41) is 3.42. The molecule has 0 fully saturated rings. The topological polar surface area (TPSA) is 30.5 Å². The molecule has 0 radical (unpaired) electrons. The van der Waals surface area contributed by atoms with Crippen molar-refractivity contribution in [2.24, 2.45) is 0 Å². The second kappa shape index (κ2) is 6.52. The predicted octanol–water partition coefficient (Wildman–Crippen LogP) is 3.02. The van der Waals surface area contributed by atoms with Gasteiger partial charge in [-0.2, -0.15) is 11.8 Å². The lowest BCUT2D eigenvalue weighted by atomic mass is 10.2. The van der Waals surface area contributed by atoms with Crippen LogP contribution in [0.5, 0.6) is 11.5 Å². The molecule has 0 saturated carbocycles. The molecule has 0 atom stereocenters. The Hall–Kier alpha value is -0.390. The number of fused-ring (bicyclic) bond motifs is 1. The van der Waals surface area contributed by atoms with E-state index in [9.17, 15) is 0 Å². The Bertz CT molecular complexity index is 387. The number of thioether (sulfide) groups is 1. The van der Waals surface area contributed by atoms with Crippen LogP contribution in [0, 0.1) is 0 Å². The minimum Gasteiger partial charge on any atom is -0.454 e. The van der Waals surface area contributed by atoms with E-state index in [2.05, 4.69) is 33.6 Å². The van der Waals surface area contributed by atoms with Crippen LogP contribution in [0.15, 0.2) is 16.6 Å². The molecule has 0 amide bonds.